The van der Waals surface area contributed by atoms with Crippen LogP contribution >= 0.6 is 12.2 Å². The van der Waals surface area contributed by atoms with Gasteiger partial charge in [-0.2, -0.15) is 0 Å². The zero-order valence-electron chi connectivity index (χ0n) is 20.6. The first kappa shape index (κ1) is 25.9. The SMILES string of the molecule is COc1ccc(NC(=O)C[C@@H]2C(=O)N(c3ccc(F)cc3)C(=S)N2Cc2ccc(OC)c(OC)c2)cc1. The quantitative estimate of drug-likeness (QED) is 0.417. The summed E-state index contributed by atoms with van der Waals surface area (Å²) in [5, 5.41) is 3.03. The molecule has 1 aliphatic heterocycles. The number of hydrogen-bond donors (Lipinski definition) is 1. The molecule has 1 aliphatic rings. The molecule has 3 aromatic rings. The van der Waals surface area contributed by atoms with E-state index in [1.54, 1.807) is 55.5 Å². The number of nitrogens with zero attached hydrogens (tertiary/aromatic N) is 2. The Labute approximate surface area is 219 Å². The van der Waals surface area contributed by atoms with Crippen LogP contribution in [0, 0.1) is 5.82 Å². The van der Waals surface area contributed by atoms with Gasteiger partial charge < -0.3 is 24.4 Å². The third-order valence-corrected chi connectivity index (χ3v) is 6.37. The van der Waals surface area contributed by atoms with E-state index in [9.17, 15) is 14.0 Å². The molecule has 2 amide bonds. The summed E-state index contributed by atoms with van der Waals surface area (Å²) in [5.41, 5.74) is 1.79. The molecule has 0 saturated carbocycles. The van der Waals surface area contributed by atoms with Crippen LogP contribution in [-0.2, 0) is 16.1 Å². The van der Waals surface area contributed by atoms with Crippen LogP contribution in [0.4, 0.5) is 15.8 Å². The molecule has 1 N–H and O–H groups in total. The van der Waals surface area contributed by atoms with Gasteiger partial charge >= 0.3 is 0 Å². The Morgan fingerprint density at radius 3 is 2.24 bits per heavy atom. The lowest BCUT2D eigenvalue weighted by Crippen LogP contribution is -2.37. The van der Waals surface area contributed by atoms with E-state index >= 15 is 0 Å². The first-order valence-electron chi connectivity index (χ1n) is 11.4. The van der Waals surface area contributed by atoms with Gasteiger partial charge in [-0.25, -0.2) is 4.39 Å². The molecular formula is C27H26FN3O5S. The van der Waals surface area contributed by atoms with E-state index in [4.69, 9.17) is 26.4 Å². The number of hydrogen-bond acceptors (Lipinski definition) is 6. The molecule has 0 bridgehead atoms. The largest absolute Gasteiger partial charge is 0.497 e. The molecule has 1 fully saturated rings. The standard InChI is InChI=1S/C27H26FN3O5S/c1-34-21-11-7-19(8-12-21)29-25(32)15-22-26(33)31(20-9-5-18(28)6-10-20)27(37)30(22)16-17-4-13-23(35-2)24(14-17)36-3/h4-14,22H,15-16H2,1-3H3,(H,29,32)/t22-/m1/s1. The van der Waals surface area contributed by atoms with Crippen LogP contribution < -0.4 is 24.4 Å². The molecule has 0 aliphatic carbocycles. The maximum absolute atomic E-state index is 13.6. The lowest BCUT2D eigenvalue weighted by atomic mass is 10.1. The van der Waals surface area contributed by atoms with Gasteiger partial charge in [0, 0.05) is 12.2 Å². The fraction of sp³-hybridized carbons (Fsp3) is 0.222. The molecule has 1 saturated heterocycles. The van der Waals surface area contributed by atoms with Crippen molar-refractivity contribution >= 4 is 40.5 Å². The van der Waals surface area contributed by atoms with Crippen LogP contribution in [0.2, 0.25) is 0 Å². The second-order valence-corrected chi connectivity index (χ2v) is 8.61. The van der Waals surface area contributed by atoms with Crippen LogP contribution in [0.3, 0.4) is 0 Å². The smallest absolute Gasteiger partial charge is 0.256 e. The van der Waals surface area contributed by atoms with Gasteiger partial charge in [-0.1, -0.05) is 6.07 Å². The third-order valence-electron chi connectivity index (χ3n) is 5.96. The molecule has 4 rings (SSSR count). The predicted octanol–water partition coefficient (Wildman–Crippen LogP) is 4.38. The van der Waals surface area contributed by atoms with Gasteiger partial charge in [0.1, 0.15) is 17.6 Å². The average Bonchev–Trinajstić information content (AvgIpc) is 3.13. The maximum Gasteiger partial charge on any atom is 0.256 e. The van der Waals surface area contributed by atoms with Gasteiger partial charge in [-0.3, -0.25) is 14.5 Å². The first-order valence-corrected chi connectivity index (χ1v) is 11.8. The maximum atomic E-state index is 13.6. The van der Waals surface area contributed by atoms with Crippen molar-refractivity contribution < 1.29 is 28.2 Å². The number of carbonyl (C=O) groups is 2. The number of amides is 2. The van der Waals surface area contributed by atoms with Crippen molar-refractivity contribution in [2.45, 2.75) is 19.0 Å². The van der Waals surface area contributed by atoms with Crippen molar-refractivity contribution in [3.8, 4) is 17.2 Å². The minimum Gasteiger partial charge on any atom is -0.497 e. The summed E-state index contributed by atoms with van der Waals surface area (Å²) in [6, 6.07) is 16.9. The number of rotatable bonds is 9. The van der Waals surface area contributed by atoms with Crippen molar-refractivity contribution in [1.29, 1.82) is 0 Å². The predicted molar refractivity (Wildman–Crippen MR) is 142 cm³/mol. The summed E-state index contributed by atoms with van der Waals surface area (Å²) < 4.78 is 29.4. The molecule has 3 aromatic carbocycles. The average molecular weight is 524 g/mol. The van der Waals surface area contributed by atoms with E-state index in [0.717, 1.165) is 5.56 Å². The molecule has 37 heavy (non-hydrogen) atoms. The van der Waals surface area contributed by atoms with Gasteiger partial charge in [0.15, 0.2) is 16.6 Å². The number of benzene rings is 3. The lowest BCUT2D eigenvalue weighted by Gasteiger charge is -2.24. The zero-order valence-corrected chi connectivity index (χ0v) is 21.4. The first-order chi connectivity index (χ1) is 17.8. The molecule has 0 unspecified atom stereocenters. The number of carbonyl (C=O) groups excluding carboxylic acids is 2. The third kappa shape index (κ3) is 5.64. The fourth-order valence-corrected chi connectivity index (χ4v) is 4.47. The topological polar surface area (TPSA) is 80.3 Å². The molecule has 192 valence electrons. The Bertz CT molecular complexity index is 1300. The molecule has 8 nitrogen and oxygen atoms in total. The summed E-state index contributed by atoms with van der Waals surface area (Å²) in [6.07, 6.45) is -0.143. The van der Waals surface area contributed by atoms with Crippen molar-refractivity contribution in [2.75, 3.05) is 31.5 Å². The molecule has 1 heterocycles. The minimum absolute atomic E-state index is 0.143. The Kier molecular flexibility index (Phi) is 7.88. The van der Waals surface area contributed by atoms with E-state index in [1.165, 1.54) is 36.3 Å². The van der Waals surface area contributed by atoms with Gasteiger partial charge in [-0.05, 0) is 78.4 Å². The van der Waals surface area contributed by atoms with E-state index in [2.05, 4.69) is 5.32 Å². The summed E-state index contributed by atoms with van der Waals surface area (Å²) in [4.78, 5) is 29.6. The second kappa shape index (κ2) is 11.3. The monoisotopic (exact) mass is 523 g/mol. The number of halogens is 1. The van der Waals surface area contributed by atoms with E-state index in [0.29, 0.717) is 28.6 Å². The Balaban J connectivity index is 1.61. The van der Waals surface area contributed by atoms with Crippen LogP contribution in [0.5, 0.6) is 17.2 Å². The van der Waals surface area contributed by atoms with Crippen LogP contribution in [0.1, 0.15) is 12.0 Å². The van der Waals surface area contributed by atoms with Crippen molar-refractivity contribution in [3.63, 3.8) is 0 Å². The van der Waals surface area contributed by atoms with Crippen LogP contribution in [0.15, 0.2) is 66.7 Å². The van der Waals surface area contributed by atoms with E-state index in [-0.39, 0.29) is 29.9 Å². The number of nitrogens with one attached hydrogen (secondary N) is 1. The molecule has 0 radical (unpaired) electrons. The molecule has 1 atom stereocenters. The highest BCUT2D eigenvalue weighted by Crippen LogP contribution is 2.32. The summed E-state index contributed by atoms with van der Waals surface area (Å²) in [7, 11) is 4.64. The molecule has 10 heteroatoms. The highest BCUT2D eigenvalue weighted by atomic mass is 32.1. The highest BCUT2D eigenvalue weighted by Gasteiger charge is 2.44. The lowest BCUT2D eigenvalue weighted by molar-refractivity contribution is -0.124. The Morgan fingerprint density at radius 2 is 1.62 bits per heavy atom. The summed E-state index contributed by atoms with van der Waals surface area (Å²) in [6.45, 7) is 0.239. The van der Waals surface area contributed by atoms with Crippen molar-refractivity contribution in [1.82, 2.24) is 4.90 Å². The Morgan fingerprint density at radius 1 is 0.946 bits per heavy atom. The van der Waals surface area contributed by atoms with Crippen LogP contribution in [0.25, 0.3) is 0 Å². The number of thiocarbonyl (C=S) groups is 1. The Hall–Kier alpha value is -4.18. The number of anilines is 2. The summed E-state index contributed by atoms with van der Waals surface area (Å²) in [5.74, 6) is 0.589. The van der Waals surface area contributed by atoms with Crippen LogP contribution in [-0.4, -0.2) is 49.2 Å². The minimum atomic E-state index is -0.871. The van der Waals surface area contributed by atoms with Gasteiger partial charge in [0.25, 0.3) is 5.91 Å². The van der Waals surface area contributed by atoms with E-state index in [1.807, 2.05) is 6.07 Å². The summed E-state index contributed by atoms with van der Waals surface area (Å²) >= 11 is 5.69. The van der Waals surface area contributed by atoms with Crippen molar-refractivity contribution in [2.24, 2.45) is 0 Å². The highest BCUT2D eigenvalue weighted by molar-refractivity contribution is 7.80. The molecule has 0 spiro atoms. The van der Waals surface area contributed by atoms with Crippen molar-refractivity contribution in [3.05, 3.63) is 78.1 Å². The number of methoxy groups -OCH3 is 3. The normalized spacial score (nSPS) is 15.1. The molecule has 0 aromatic heterocycles. The number of ether oxygens (including phenoxy) is 3. The van der Waals surface area contributed by atoms with Gasteiger partial charge in [-0.15, -0.1) is 0 Å². The second-order valence-electron chi connectivity index (χ2n) is 8.25. The van der Waals surface area contributed by atoms with Gasteiger partial charge in [0.05, 0.1) is 33.4 Å². The zero-order chi connectivity index (χ0) is 26.5. The fourth-order valence-electron chi connectivity index (χ4n) is 4.08. The van der Waals surface area contributed by atoms with Gasteiger partial charge in [0.2, 0.25) is 5.91 Å². The molecular weight excluding hydrogens is 497 g/mol. The van der Waals surface area contributed by atoms with E-state index < -0.39 is 11.9 Å².